The smallest absolute Gasteiger partial charge is 0.406 e. The van der Waals surface area contributed by atoms with Gasteiger partial charge in [0.1, 0.15) is 12.1 Å². The molecule has 1 fully saturated rings. The number of fused-ring (bicyclic) bond motifs is 1. The van der Waals surface area contributed by atoms with Crippen LogP contribution in [0.2, 0.25) is 0 Å². The minimum atomic E-state index is -4.78. The lowest BCUT2D eigenvalue weighted by molar-refractivity contribution is -0.274. The number of amides is 2. The number of likely N-dealkylation sites (tertiary alicyclic amines) is 1. The normalized spacial score (nSPS) is 14.3. The summed E-state index contributed by atoms with van der Waals surface area (Å²) in [6.07, 6.45) is -1.96. The van der Waals surface area contributed by atoms with Crippen LogP contribution in [0.15, 0.2) is 79.1 Å². The number of halogens is 3. The molecule has 4 aromatic rings. The Kier molecular flexibility index (Phi) is 6.95. The number of hydrogen-bond acceptors (Lipinski definition) is 5. The third-order valence-corrected chi connectivity index (χ3v) is 6.46. The van der Waals surface area contributed by atoms with Crippen molar-refractivity contribution >= 4 is 28.4 Å². The highest BCUT2D eigenvalue weighted by Gasteiger charge is 2.31. The van der Waals surface area contributed by atoms with Gasteiger partial charge in [-0.2, -0.15) is 0 Å². The van der Waals surface area contributed by atoms with Gasteiger partial charge in [0.2, 0.25) is 0 Å². The van der Waals surface area contributed by atoms with Crippen molar-refractivity contribution in [2.75, 3.05) is 18.4 Å². The first-order valence-electron chi connectivity index (χ1n) is 12.0. The van der Waals surface area contributed by atoms with Gasteiger partial charge >= 0.3 is 6.36 Å². The highest BCUT2D eigenvalue weighted by atomic mass is 19.4. The minimum Gasteiger partial charge on any atom is -0.406 e. The topological polar surface area (TPSA) is 84.4 Å². The van der Waals surface area contributed by atoms with Gasteiger partial charge in [0.15, 0.2) is 0 Å². The van der Waals surface area contributed by atoms with E-state index in [9.17, 15) is 22.8 Å². The Labute approximate surface area is 216 Å². The molecule has 194 valence electrons. The third kappa shape index (κ3) is 5.74. The van der Waals surface area contributed by atoms with E-state index in [0.29, 0.717) is 48.3 Å². The molecule has 1 aliphatic rings. The van der Waals surface area contributed by atoms with Crippen molar-refractivity contribution in [1.82, 2.24) is 14.9 Å². The number of piperidine rings is 1. The monoisotopic (exact) mass is 520 g/mol. The average molecular weight is 521 g/mol. The fraction of sp³-hybridized carbons (Fsp3) is 0.214. The van der Waals surface area contributed by atoms with Crippen LogP contribution in [0.3, 0.4) is 0 Å². The number of nitrogens with zero attached hydrogens (tertiary/aromatic N) is 3. The lowest BCUT2D eigenvalue weighted by Gasteiger charge is -2.32. The van der Waals surface area contributed by atoms with E-state index in [1.54, 1.807) is 17.0 Å². The molecular weight excluding hydrogens is 497 g/mol. The Bertz CT molecular complexity index is 1450. The maximum Gasteiger partial charge on any atom is 0.573 e. The largest absolute Gasteiger partial charge is 0.573 e. The van der Waals surface area contributed by atoms with Gasteiger partial charge < -0.3 is 15.0 Å². The lowest BCUT2D eigenvalue weighted by atomic mass is 9.90. The molecule has 0 spiro atoms. The number of nitrogens with one attached hydrogen (secondary N) is 1. The van der Waals surface area contributed by atoms with E-state index in [2.05, 4.69) is 20.0 Å². The second kappa shape index (κ2) is 10.5. The Balaban J connectivity index is 1.25. The van der Waals surface area contributed by atoms with Gasteiger partial charge in [-0.15, -0.1) is 13.2 Å². The molecule has 2 amide bonds. The van der Waals surface area contributed by atoms with Crippen LogP contribution in [-0.4, -0.2) is 46.1 Å². The van der Waals surface area contributed by atoms with Crippen molar-refractivity contribution in [1.29, 1.82) is 0 Å². The summed E-state index contributed by atoms with van der Waals surface area (Å²) in [7, 11) is 0. The molecule has 1 saturated heterocycles. The fourth-order valence-corrected chi connectivity index (χ4v) is 4.61. The fourth-order valence-electron chi connectivity index (χ4n) is 4.61. The summed E-state index contributed by atoms with van der Waals surface area (Å²) in [5.41, 5.74) is 3.01. The van der Waals surface area contributed by atoms with E-state index in [1.165, 1.54) is 18.5 Å². The predicted octanol–water partition coefficient (Wildman–Crippen LogP) is 5.80. The molecule has 0 saturated carbocycles. The number of alkyl halides is 3. The molecule has 1 N–H and O–H groups in total. The molecule has 0 unspecified atom stereocenters. The number of aromatic nitrogens is 2. The van der Waals surface area contributed by atoms with Crippen LogP contribution >= 0.6 is 0 Å². The molecule has 5 rings (SSSR count). The van der Waals surface area contributed by atoms with Crippen LogP contribution in [0.1, 0.15) is 45.2 Å². The molecule has 10 heteroatoms. The van der Waals surface area contributed by atoms with Crippen molar-refractivity contribution in [2.45, 2.75) is 25.1 Å². The first-order valence-corrected chi connectivity index (χ1v) is 12.0. The summed E-state index contributed by atoms with van der Waals surface area (Å²) < 4.78 is 41.0. The van der Waals surface area contributed by atoms with Gasteiger partial charge in [-0.05, 0) is 61.4 Å². The molecular formula is C28H23F3N4O3. The highest BCUT2D eigenvalue weighted by Crippen LogP contribution is 2.32. The highest BCUT2D eigenvalue weighted by molar-refractivity contribution is 6.06. The van der Waals surface area contributed by atoms with Crippen LogP contribution in [0, 0.1) is 0 Å². The van der Waals surface area contributed by atoms with Gasteiger partial charge in [-0.3, -0.25) is 9.59 Å². The predicted molar refractivity (Wildman–Crippen MR) is 135 cm³/mol. The van der Waals surface area contributed by atoms with Crippen LogP contribution in [-0.2, 0) is 0 Å². The van der Waals surface area contributed by atoms with Crippen molar-refractivity contribution in [3.63, 3.8) is 0 Å². The van der Waals surface area contributed by atoms with Gasteiger partial charge in [-0.25, -0.2) is 9.97 Å². The van der Waals surface area contributed by atoms with E-state index in [-0.39, 0.29) is 23.5 Å². The number of rotatable bonds is 5. The summed E-state index contributed by atoms with van der Waals surface area (Å²) >= 11 is 0. The van der Waals surface area contributed by atoms with Gasteiger partial charge in [-0.1, -0.05) is 24.3 Å². The number of anilines is 1. The average Bonchev–Trinajstić information content (AvgIpc) is 2.92. The van der Waals surface area contributed by atoms with Crippen LogP contribution in [0.25, 0.3) is 10.9 Å². The first kappa shape index (κ1) is 25.2. The van der Waals surface area contributed by atoms with E-state index in [4.69, 9.17) is 0 Å². The SMILES string of the molecule is O=C(Nc1ccccc1)c1ccc2c(C3CCN(C(=O)c4ccc(OC(F)(F)F)cc4)CC3)ncnc2c1. The molecule has 0 bridgehead atoms. The van der Waals surface area contributed by atoms with Crippen molar-refractivity contribution in [3.05, 3.63) is 95.9 Å². The van der Waals surface area contributed by atoms with Crippen molar-refractivity contribution in [2.24, 2.45) is 0 Å². The van der Waals surface area contributed by atoms with Crippen LogP contribution in [0.5, 0.6) is 5.75 Å². The van der Waals surface area contributed by atoms with Crippen molar-refractivity contribution < 1.29 is 27.5 Å². The van der Waals surface area contributed by atoms with Crippen molar-refractivity contribution in [3.8, 4) is 5.75 Å². The molecule has 7 nitrogen and oxygen atoms in total. The van der Waals surface area contributed by atoms with E-state index < -0.39 is 6.36 Å². The molecule has 0 atom stereocenters. The zero-order valence-corrected chi connectivity index (χ0v) is 20.1. The molecule has 0 radical (unpaired) electrons. The Morgan fingerprint density at radius 3 is 2.26 bits per heavy atom. The summed E-state index contributed by atoms with van der Waals surface area (Å²) in [5.74, 6) is -0.757. The molecule has 3 aromatic carbocycles. The number of ether oxygens (including phenoxy) is 1. The van der Waals surface area contributed by atoms with E-state index in [0.717, 1.165) is 23.2 Å². The zero-order valence-electron chi connectivity index (χ0n) is 20.1. The number of benzene rings is 3. The Morgan fingerprint density at radius 2 is 1.58 bits per heavy atom. The Morgan fingerprint density at radius 1 is 0.895 bits per heavy atom. The molecule has 2 heterocycles. The molecule has 1 aromatic heterocycles. The Hall–Kier alpha value is -4.47. The number of carbonyl (C=O) groups is 2. The quantitative estimate of drug-likeness (QED) is 0.360. The van der Waals surface area contributed by atoms with Gasteiger partial charge in [0.25, 0.3) is 11.8 Å². The lowest BCUT2D eigenvalue weighted by Crippen LogP contribution is -2.38. The van der Waals surface area contributed by atoms with E-state index >= 15 is 0 Å². The standard InChI is InChI=1S/C28H23F3N4O3/c29-28(30,31)38-22-9-6-19(7-10-22)27(37)35-14-12-18(13-15-35)25-23-11-8-20(16-24(23)32-17-33-25)26(36)34-21-4-2-1-3-5-21/h1-11,16-18H,12-15H2,(H,34,36). The first-order chi connectivity index (χ1) is 18.3. The van der Waals surface area contributed by atoms with E-state index in [1.807, 2.05) is 36.4 Å². The van der Waals surface area contributed by atoms with Gasteiger partial charge in [0.05, 0.1) is 11.2 Å². The molecule has 38 heavy (non-hydrogen) atoms. The molecule has 1 aliphatic heterocycles. The second-order valence-corrected chi connectivity index (χ2v) is 8.95. The third-order valence-electron chi connectivity index (χ3n) is 6.46. The van der Waals surface area contributed by atoms with Gasteiger partial charge in [0, 0.05) is 41.2 Å². The summed E-state index contributed by atoms with van der Waals surface area (Å²) in [6, 6.07) is 19.5. The summed E-state index contributed by atoms with van der Waals surface area (Å²) in [6.45, 7) is 0.959. The number of hydrogen-bond donors (Lipinski definition) is 1. The number of para-hydroxylation sites is 1. The second-order valence-electron chi connectivity index (χ2n) is 8.95. The minimum absolute atomic E-state index is 0.0936. The maximum absolute atomic E-state index is 12.9. The maximum atomic E-state index is 12.9. The summed E-state index contributed by atoms with van der Waals surface area (Å²) in [4.78, 5) is 36.1. The van der Waals surface area contributed by atoms with Crippen LogP contribution < -0.4 is 10.1 Å². The summed E-state index contributed by atoms with van der Waals surface area (Å²) in [5, 5.41) is 3.72. The van der Waals surface area contributed by atoms with Crippen LogP contribution in [0.4, 0.5) is 18.9 Å². The zero-order chi connectivity index (χ0) is 26.7. The number of carbonyl (C=O) groups excluding carboxylic acids is 2. The molecule has 0 aliphatic carbocycles.